The van der Waals surface area contributed by atoms with Crippen LogP contribution in [0.15, 0.2) is 36.4 Å². The van der Waals surface area contributed by atoms with Gasteiger partial charge in [0.1, 0.15) is 5.75 Å². The molecule has 92 valence electrons. The molecule has 0 spiro atoms. The molecule has 2 nitrogen and oxygen atoms in total. The van der Waals surface area contributed by atoms with E-state index < -0.39 is 0 Å². The van der Waals surface area contributed by atoms with Crippen LogP contribution in [0.2, 0.25) is 0 Å². The van der Waals surface area contributed by atoms with Crippen LogP contribution in [0.3, 0.4) is 0 Å². The van der Waals surface area contributed by atoms with Gasteiger partial charge in [0.05, 0.1) is 0 Å². The first kappa shape index (κ1) is 11.1. The maximum absolute atomic E-state index is 9.60. The van der Waals surface area contributed by atoms with Gasteiger partial charge in [-0.15, -0.1) is 0 Å². The fraction of sp³-hybridized carbons (Fsp3) is 0.250. The van der Waals surface area contributed by atoms with Gasteiger partial charge in [-0.05, 0) is 48.7 Å². The maximum atomic E-state index is 9.60. The molecule has 0 unspecified atom stereocenters. The number of aromatic hydroxyl groups is 1. The van der Waals surface area contributed by atoms with Gasteiger partial charge in [0, 0.05) is 21.8 Å². The summed E-state index contributed by atoms with van der Waals surface area (Å²) in [4.78, 5) is 3.38. The van der Waals surface area contributed by atoms with Gasteiger partial charge in [0.15, 0.2) is 0 Å². The lowest BCUT2D eigenvalue weighted by Gasteiger charge is -2.00. The van der Waals surface area contributed by atoms with Gasteiger partial charge < -0.3 is 10.1 Å². The van der Waals surface area contributed by atoms with Gasteiger partial charge in [0.2, 0.25) is 0 Å². The Hall–Kier alpha value is -1.96. The third-order valence-corrected chi connectivity index (χ3v) is 3.47. The van der Waals surface area contributed by atoms with E-state index in [2.05, 4.69) is 30.1 Å². The molecule has 1 heterocycles. The molecule has 0 amide bonds. The Morgan fingerprint density at radius 3 is 2.50 bits per heavy atom. The molecule has 2 N–H and O–H groups in total. The number of benzene rings is 2. The van der Waals surface area contributed by atoms with Crippen LogP contribution in [0.25, 0.3) is 21.8 Å². The number of hydrogen-bond acceptors (Lipinski definition) is 1. The highest BCUT2D eigenvalue weighted by Crippen LogP contribution is 2.29. The van der Waals surface area contributed by atoms with E-state index in [4.69, 9.17) is 0 Å². The second-order valence-electron chi connectivity index (χ2n) is 4.84. The Morgan fingerprint density at radius 2 is 1.72 bits per heavy atom. The summed E-state index contributed by atoms with van der Waals surface area (Å²) in [6.45, 7) is 2.21. The summed E-state index contributed by atoms with van der Waals surface area (Å²) in [7, 11) is 0. The van der Waals surface area contributed by atoms with Crippen LogP contribution in [-0.2, 0) is 6.42 Å². The van der Waals surface area contributed by atoms with Crippen molar-refractivity contribution in [3.05, 3.63) is 42.0 Å². The number of fused-ring (bicyclic) bond motifs is 3. The third-order valence-electron chi connectivity index (χ3n) is 3.47. The fourth-order valence-electron chi connectivity index (χ4n) is 2.47. The zero-order chi connectivity index (χ0) is 12.5. The molecule has 0 aliphatic rings. The average molecular weight is 239 g/mol. The lowest BCUT2D eigenvalue weighted by Crippen LogP contribution is -1.83. The predicted molar refractivity (Wildman–Crippen MR) is 76.1 cm³/mol. The van der Waals surface area contributed by atoms with E-state index in [9.17, 15) is 5.11 Å². The monoisotopic (exact) mass is 239 g/mol. The van der Waals surface area contributed by atoms with Crippen molar-refractivity contribution >= 4 is 21.8 Å². The Balaban J connectivity index is 2.18. The fourth-order valence-corrected chi connectivity index (χ4v) is 2.47. The Kier molecular flexibility index (Phi) is 2.71. The Labute approximate surface area is 106 Å². The van der Waals surface area contributed by atoms with Crippen LogP contribution in [0.1, 0.15) is 25.3 Å². The van der Waals surface area contributed by atoms with Crippen LogP contribution in [0.4, 0.5) is 0 Å². The largest absolute Gasteiger partial charge is 0.508 e. The lowest BCUT2D eigenvalue weighted by atomic mass is 10.0. The molecule has 2 heteroatoms. The number of rotatable bonds is 3. The van der Waals surface area contributed by atoms with Gasteiger partial charge in [0.25, 0.3) is 0 Å². The summed E-state index contributed by atoms with van der Waals surface area (Å²) >= 11 is 0. The molecule has 3 rings (SSSR count). The van der Waals surface area contributed by atoms with Crippen molar-refractivity contribution in [3.8, 4) is 5.75 Å². The number of aromatic amines is 1. The van der Waals surface area contributed by atoms with E-state index >= 15 is 0 Å². The minimum absolute atomic E-state index is 0.322. The lowest BCUT2D eigenvalue weighted by molar-refractivity contribution is 0.476. The SMILES string of the molecule is CCCCc1ccc2[nH]c3ccc(O)cc3c2c1. The van der Waals surface area contributed by atoms with Crippen LogP contribution >= 0.6 is 0 Å². The number of unbranched alkanes of at least 4 members (excludes halogenated alkanes) is 1. The van der Waals surface area contributed by atoms with Gasteiger partial charge in [-0.1, -0.05) is 19.4 Å². The molecule has 0 bridgehead atoms. The first-order valence-corrected chi connectivity index (χ1v) is 6.51. The smallest absolute Gasteiger partial charge is 0.116 e. The van der Waals surface area contributed by atoms with Crippen molar-refractivity contribution in [1.82, 2.24) is 4.98 Å². The minimum atomic E-state index is 0.322. The molecule has 18 heavy (non-hydrogen) atoms. The third kappa shape index (κ3) is 1.84. The zero-order valence-corrected chi connectivity index (χ0v) is 10.5. The molecule has 0 fully saturated rings. The van der Waals surface area contributed by atoms with Crippen LogP contribution in [0.5, 0.6) is 5.75 Å². The van der Waals surface area contributed by atoms with Crippen LogP contribution in [0, 0.1) is 0 Å². The first-order valence-electron chi connectivity index (χ1n) is 6.51. The number of phenolic OH excluding ortho intramolecular Hbond substituents is 1. The van der Waals surface area contributed by atoms with Gasteiger partial charge in [-0.25, -0.2) is 0 Å². The van der Waals surface area contributed by atoms with E-state index in [1.54, 1.807) is 6.07 Å². The van der Waals surface area contributed by atoms with E-state index in [-0.39, 0.29) is 0 Å². The quantitative estimate of drug-likeness (QED) is 0.699. The second-order valence-corrected chi connectivity index (χ2v) is 4.84. The highest BCUT2D eigenvalue weighted by atomic mass is 16.3. The van der Waals surface area contributed by atoms with Gasteiger partial charge in [-0.2, -0.15) is 0 Å². The molecule has 0 saturated carbocycles. The molecule has 0 saturated heterocycles. The van der Waals surface area contributed by atoms with Gasteiger partial charge >= 0.3 is 0 Å². The first-order chi connectivity index (χ1) is 8.78. The van der Waals surface area contributed by atoms with E-state index in [1.807, 2.05) is 12.1 Å². The highest BCUT2D eigenvalue weighted by Gasteiger charge is 2.05. The minimum Gasteiger partial charge on any atom is -0.508 e. The summed E-state index contributed by atoms with van der Waals surface area (Å²) in [6, 6.07) is 12.0. The highest BCUT2D eigenvalue weighted by molar-refractivity contribution is 6.07. The van der Waals surface area contributed by atoms with E-state index in [1.165, 1.54) is 23.8 Å². The van der Waals surface area contributed by atoms with Crippen molar-refractivity contribution in [2.75, 3.05) is 0 Å². The summed E-state index contributed by atoms with van der Waals surface area (Å²) in [5, 5.41) is 11.9. The van der Waals surface area contributed by atoms with E-state index in [0.29, 0.717) is 5.75 Å². The molecule has 0 aliphatic heterocycles. The predicted octanol–water partition coefficient (Wildman–Crippen LogP) is 4.37. The number of phenols is 1. The summed E-state index contributed by atoms with van der Waals surface area (Å²) in [5.74, 6) is 0.322. The number of H-pyrrole nitrogens is 1. The number of hydrogen-bond donors (Lipinski definition) is 2. The number of nitrogens with one attached hydrogen (secondary N) is 1. The molecular weight excluding hydrogens is 222 g/mol. The van der Waals surface area contributed by atoms with E-state index in [0.717, 1.165) is 22.8 Å². The van der Waals surface area contributed by atoms with Crippen molar-refractivity contribution in [1.29, 1.82) is 0 Å². The van der Waals surface area contributed by atoms with Crippen molar-refractivity contribution in [2.45, 2.75) is 26.2 Å². The van der Waals surface area contributed by atoms with Crippen molar-refractivity contribution < 1.29 is 5.11 Å². The Bertz CT molecular complexity index is 697. The van der Waals surface area contributed by atoms with Crippen LogP contribution in [-0.4, -0.2) is 10.1 Å². The summed E-state index contributed by atoms with van der Waals surface area (Å²) < 4.78 is 0. The molecule has 0 atom stereocenters. The second kappa shape index (κ2) is 4.37. The molecule has 2 aromatic carbocycles. The maximum Gasteiger partial charge on any atom is 0.116 e. The summed E-state index contributed by atoms with van der Waals surface area (Å²) in [6.07, 6.45) is 3.56. The molecule has 0 radical (unpaired) electrons. The van der Waals surface area contributed by atoms with Gasteiger partial charge in [-0.3, -0.25) is 0 Å². The number of aromatic nitrogens is 1. The van der Waals surface area contributed by atoms with Crippen molar-refractivity contribution in [3.63, 3.8) is 0 Å². The summed E-state index contributed by atoms with van der Waals surface area (Å²) in [5.41, 5.74) is 3.58. The molecule has 1 aromatic heterocycles. The molecule has 3 aromatic rings. The Morgan fingerprint density at radius 1 is 1.00 bits per heavy atom. The molecular formula is C16H17NO. The average Bonchev–Trinajstić information content (AvgIpc) is 2.74. The van der Waals surface area contributed by atoms with Crippen LogP contribution < -0.4 is 0 Å². The number of aryl methyl sites for hydroxylation is 1. The zero-order valence-electron chi connectivity index (χ0n) is 10.5. The van der Waals surface area contributed by atoms with Crippen molar-refractivity contribution in [2.24, 2.45) is 0 Å². The normalized spacial score (nSPS) is 11.4. The standard InChI is InChI=1S/C16H17NO/c1-2-3-4-11-5-7-15-13(9-11)14-10-12(18)6-8-16(14)17-15/h5-10,17-18H,2-4H2,1H3. The topological polar surface area (TPSA) is 36.0 Å². The molecule has 0 aliphatic carbocycles.